The summed E-state index contributed by atoms with van der Waals surface area (Å²) < 4.78 is 0. The fraction of sp³-hybridized carbons (Fsp3) is 0. The molecule has 0 aliphatic heterocycles. The molecule has 2 aromatic rings. The van der Waals surface area contributed by atoms with E-state index in [0.29, 0.717) is 5.69 Å². The molecule has 0 unspecified atom stereocenters. The van der Waals surface area contributed by atoms with Crippen LogP contribution in [-0.4, -0.2) is 4.98 Å². The van der Waals surface area contributed by atoms with Gasteiger partial charge in [-0.05, 0) is 24.3 Å². The second-order valence-corrected chi connectivity index (χ2v) is 4.00. The standard InChI is InChI=1S/C16H9N5/c17-9-13(10-18)16(11-19)21-14-6-4-12(5-7-14)15-3-1-2-8-20-15/h1-8,21H. The second-order valence-electron chi connectivity index (χ2n) is 4.00. The Balaban J connectivity index is 2.26. The monoisotopic (exact) mass is 271 g/mol. The predicted octanol–water partition coefficient (Wildman–Crippen LogP) is 2.99. The molecule has 0 radical (unpaired) electrons. The van der Waals surface area contributed by atoms with E-state index in [2.05, 4.69) is 10.3 Å². The summed E-state index contributed by atoms with van der Waals surface area (Å²) in [4.78, 5) is 4.24. The molecule has 0 saturated heterocycles. The van der Waals surface area contributed by atoms with Gasteiger partial charge in [0.15, 0.2) is 5.57 Å². The van der Waals surface area contributed by atoms with Gasteiger partial charge in [0.2, 0.25) is 0 Å². The number of nitrogens with zero attached hydrogens (tertiary/aromatic N) is 4. The lowest BCUT2D eigenvalue weighted by Crippen LogP contribution is -2.00. The van der Waals surface area contributed by atoms with Crippen molar-refractivity contribution in [3.05, 3.63) is 59.9 Å². The van der Waals surface area contributed by atoms with Crippen LogP contribution in [0.25, 0.3) is 11.3 Å². The molecule has 1 aromatic heterocycles. The first-order valence-corrected chi connectivity index (χ1v) is 6.01. The van der Waals surface area contributed by atoms with Crippen molar-refractivity contribution < 1.29 is 0 Å². The van der Waals surface area contributed by atoms with Crippen LogP contribution in [0.4, 0.5) is 5.69 Å². The first kappa shape index (κ1) is 13.8. The Morgan fingerprint density at radius 1 is 0.905 bits per heavy atom. The Bertz CT molecular complexity index is 768. The molecule has 5 heteroatoms. The lowest BCUT2D eigenvalue weighted by molar-refractivity contribution is 1.32. The summed E-state index contributed by atoms with van der Waals surface area (Å²) in [7, 11) is 0. The van der Waals surface area contributed by atoms with Crippen LogP contribution in [0.3, 0.4) is 0 Å². The number of hydrogen-bond donors (Lipinski definition) is 1. The Kier molecular flexibility index (Phi) is 4.28. The molecule has 0 fully saturated rings. The lowest BCUT2D eigenvalue weighted by Gasteiger charge is -2.06. The minimum Gasteiger partial charge on any atom is -0.345 e. The number of nitrogens with one attached hydrogen (secondary N) is 1. The molecule has 1 heterocycles. The summed E-state index contributed by atoms with van der Waals surface area (Å²) in [6.45, 7) is 0. The maximum absolute atomic E-state index is 8.97. The summed E-state index contributed by atoms with van der Waals surface area (Å²) in [6.07, 6.45) is 1.71. The fourth-order valence-corrected chi connectivity index (χ4v) is 1.69. The van der Waals surface area contributed by atoms with E-state index in [1.54, 1.807) is 30.5 Å². The van der Waals surface area contributed by atoms with Gasteiger partial charge >= 0.3 is 0 Å². The van der Waals surface area contributed by atoms with Gasteiger partial charge in [-0.25, -0.2) is 0 Å². The van der Waals surface area contributed by atoms with Crippen LogP contribution in [0.5, 0.6) is 0 Å². The van der Waals surface area contributed by atoms with Crippen molar-refractivity contribution in [1.82, 2.24) is 4.98 Å². The van der Waals surface area contributed by atoms with Crippen molar-refractivity contribution in [2.45, 2.75) is 0 Å². The third kappa shape index (κ3) is 3.23. The van der Waals surface area contributed by atoms with Crippen LogP contribution in [0.1, 0.15) is 0 Å². The van der Waals surface area contributed by atoms with Gasteiger partial charge in [0.25, 0.3) is 0 Å². The van der Waals surface area contributed by atoms with Crippen molar-refractivity contribution >= 4 is 5.69 Å². The van der Waals surface area contributed by atoms with Gasteiger partial charge in [-0.3, -0.25) is 4.98 Å². The summed E-state index contributed by atoms with van der Waals surface area (Å²) >= 11 is 0. The summed E-state index contributed by atoms with van der Waals surface area (Å²) in [5.74, 6) is 0. The molecular formula is C16H9N5. The van der Waals surface area contributed by atoms with Gasteiger partial charge in [0.05, 0.1) is 5.69 Å². The number of anilines is 1. The Morgan fingerprint density at radius 3 is 2.14 bits per heavy atom. The van der Waals surface area contributed by atoms with Crippen LogP contribution in [-0.2, 0) is 0 Å². The molecule has 1 N–H and O–H groups in total. The minimum absolute atomic E-state index is 0.0643. The zero-order chi connectivity index (χ0) is 15.1. The number of allylic oxidation sites excluding steroid dienone is 2. The van der Waals surface area contributed by atoms with Crippen LogP contribution >= 0.6 is 0 Å². The summed E-state index contributed by atoms with van der Waals surface area (Å²) in [6, 6.07) is 18.0. The van der Waals surface area contributed by atoms with Crippen molar-refractivity contribution in [2.75, 3.05) is 5.32 Å². The van der Waals surface area contributed by atoms with Gasteiger partial charge in [-0.15, -0.1) is 0 Å². The highest BCUT2D eigenvalue weighted by molar-refractivity contribution is 5.65. The van der Waals surface area contributed by atoms with Crippen molar-refractivity contribution in [1.29, 1.82) is 15.8 Å². The lowest BCUT2D eigenvalue weighted by atomic mass is 10.1. The van der Waals surface area contributed by atoms with E-state index in [0.717, 1.165) is 11.3 Å². The maximum atomic E-state index is 8.97. The van der Waals surface area contributed by atoms with Crippen LogP contribution in [0.2, 0.25) is 0 Å². The molecule has 0 amide bonds. The number of nitriles is 3. The number of rotatable bonds is 3. The van der Waals surface area contributed by atoms with Gasteiger partial charge in [-0.1, -0.05) is 18.2 Å². The number of pyridine rings is 1. The van der Waals surface area contributed by atoms with E-state index in [-0.39, 0.29) is 11.3 Å². The smallest absolute Gasteiger partial charge is 0.163 e. The zero-order valence-electron chi connectivity index (χ0n) is 10.9. The third-order valence-electron chi connectivity index (χ3n) is 2.70. The summed E-state index contributed by atoms with van der Waals surface area (Å²) in [5, 5.41) is 29.3. The SMILES string of the molecule is N#CC(C#N)=C(C#N)Nc1ccc(-c2ccccn2)cc1. The highest BCUT2D eigenvalue weighted by Gasteiger charge is 2.06. The molecule has 0 spiro atoms. The van der Waals surface area contributed by atoms with Gasteiger partial charge < -0.3 is 5.32 Å². The van der Waals surface area contributed by atoms with E-state index < -0.39 is 0 Å². The summed E-state index contributed by atoms with van der Waals surface area (Å²) in [5.41, 5.74) is 2.09. The largest absolute Gasteiger partial charge is 0.345 e. The van der Waals surface area contributed by atoms with E-state index >= 15 is 0 Å². The van der Waals surface area contributed by atoms with Crippen LogP contribution < -0.4 is 5.32 Å². The number of benzene rings is 1. The quantitative estimate of drug-likeness (QED) is 0.865. The Labute approximate surface area is 122 Å². The molecule has 21 heavy (non-hydrogen) atoms. The maximum Gasteiger partial charge on any atom is 0.163 e. The third-order valence-corrected chi connectivity index (χ3v) is 2.70. The van der Waals surface area contributed by atoms with Gasteiger partial charge in [0, 0.05) is 17.4 Å². The molecule has 0 aliphatic rings. The second kappa shape index (κ2) is 6.52. The zero-order valence-corrected chi connectivity index (χ0v) is 10.9. The molecule has 5 nitrogen and oxygen atoms in total. The highest BCUT2D eigenvalue weighted by atomic mass is 14.9. The molecular weight excluding hydrogens is 262 g/mol. The van der Waals surface area contributed by atoms with Crippen molar-refractivity contribution in [3.8, 4) is 29.5 Å². The Hall–Kier alpha value is -3.62. The average molecular weight is 271 g/mol. The van der Waals surface area contributed by atoms with E-state index in [1.165, 1.54) is 0 Å². The molecule has 0 bridgehead atoms. The number of hydrogen-bond acceptors (Lipinski definition) is 5. The van der Waals surface area contributed by atoms with Gasteiger partial charge in [0.1, 0.15) is 23.9 Å². The molecule has 1 aromatic carbocycles. The van der Waals surface area contributed by atoms with Crippen LogP contribution in [0.15, 0.2) is 59.9 Å². The van der Waals surface area contributed by atoms with Crippen molar-refractivity contribution in [3.63, 3.8) is 0 Å². The molecule has 0 atom stereocenters. The van der Waals surface area contributed by atoms with E-state index in [4.69, 9.17) is 15.8 Å². The first-order valence-electron chi connectivity index (χ1n) is 6.01. The molecule has 98 valence electrons. The highest BCUT2D eigenvalue weighted by Crippen LogP contribution is 2.20. The minimum atomic E-state index is -0.244. The fourth-order valence-electron chi connectivity index (χ4n) is 1.69. The Morgan fingerprint density at radius 2 is 1.62 bits per heavy atom. The molecule has 2 rings (SSSR count). The van der Waals surface area contributed by atoms with E-state index in [1.807, 2.05) is 36.4 Å². The van der Waals surface area contributed by atoms with Crippen molar-refractivity contribution in [2.24, 2.45) is 0 Å². The predicted molar refractivity (Wildman–Crippen MR) is 77.2 cm³/mol. The average Bonchev–Trinajstić information content (AvgIpc) is 2.56. The normalized spacial score (nSPS) is 8.81. The van der Waals surface area contributed by atoms with E-state index in [9.17, 15) is 0 Å². The number of aromatic nitrogens is 1. The van der Waals surface area contributed by atoms with Gasteiger partial charge in [-0.2, -0.15) is 15.8 Å². The molecule has 0 aliphatic carbocycles. The molecule has 0 saturated carbocycles. The van der Waals surface area contributed by atoms with Crippen LogP contribution in [0, 0.1) is 34.0 Å². The topological polar surface area (TPSA) is 96.3 Å². The first-order chi connectivity index (χ1) is 10.3.